The van der Waals surface area contributed by atoms with Gasteiger partial charge in [-0.05, 0) is 35.4 Å². The van der Waals surface area contributed by atoms with Gasteiger partial charge in [-0.1, -0.05) is 0 Å². The molecule has 0 spiro atoms. The number of methoxy groups -OCH3 is 5. The van der Waals surface area contributed by atoms with Crippen LogP contribution in [0.3, 0.4) is 0 Å². The SMILES string of the molecule is COc1cc2c(cc1OC)C(c1cc(OC)c(OC)c(S(C)(=O)=O)c1)OC2OC. The van der Waals surface area contributed by atoms with Crippen LogP contribution < -0.4 is 18.9 Å². The van der Waals surface area contributed by atoms with E-state index in [4.69, 9.17) is 28.4 Å². The molecule has 0 aromatic heterocycles. The van der Waals surface area contributed by atoms with Crippen LogP contribution in [0.25, 0.3) is 0 Å². The van der Waals surface area contributed by atoms with Gasteiger partial charge in [-0.2, -0.15) is 0 Å². The third-order valence-corrected chi connectivity index (χ3v) is 5.87. The molecule has 1 aliphatic rings. The van der Waals surface area contributed by atoms with Crippen LogP contribution >= 0.6 is 0 Å². The lowest BCUT2D eigenvalue weighted by Crippen LogP contribution is -2.07. The molecule has 0 bridgehead atoms. The zero-order chi connectivity index (χ0) is 21.3. The monoisotopic (exact) mass is 424 g/mol. The number of sulfone groups is 1. The van der Waals surface area contributed by atoms with E-state index in [1.807, 2.05) is 0 Å². The van der Waals surface area contributed by atoms with Crippen LogP contribution in [0, 0.1) is 0 Å². The Morgan fingerprint density at radius 1 is 0.793 bits per heavy atom. The van der Waals surface area contributed by atoms with Crippen molar-refractivity contribution in [2.45, 2.75) is 17.3 Å². The molecule has 0 saturated heterocycles. The second-order valence-corrected chi connectivity index (χ2v) is 8.43. The molecule has 0 fully saturated rings. The first kappa shape index (κ1) is 21.2. The lowest BCUT2D eigenvalue weighted by atomic mass is 9.98. The summed E-state index contributed by atoms with van der Waals surface area (Å²) in [6.45, 7) is 0. The Balaban J connectivity index is 2.23. The Hall–Kier alpha value is -2.49. The van der Waals surface area contributed by atoms with Crippen molar-refractivity contribution in [3.8, 4) is 23.0 Å². The maximum atomic E-state index is 12.4. The summed E-state index contributed by atoms with van der Waals surface area (Å²) in [5, 5.41) is 0. The Morgan fingerprint density at radius 2 is 1.38 bits per heavy atom. The molecule has 2 atom stereocenters. The quantitative estimate of drug-likeness (QED) is 0.670. The van der Waals surface area contributed by atoms with Crippen molar-refractivity contribution in [3.63, 3.8) is 0 Å². The Kier molecular flexibility index (Phi) is 5.92. The van der Waals surface area contributed by atoms with E-state index in [0.29, 0.717) is 17.1 Å². The minimum atomic E-state index is -3.59. The molecule has 0 saturated carbocycles. The largest absolute Gasteiger partial charge is 0.493 e. The molecule has 2 aromatic rings. The number of benzene rings is 2. The average molecular weight is 424 g/mol. The molecule has 29 heavy (non-hydrogen) atoms. The molecule has 8 nitrogen and oxygen atoms in total. The topological polar surface area (TPSA) is 89.5 Å². The van der Waals surface area contributed by atoms with Gasteiger partial charge in [-0.3, -0.25) is 0 Å². The summed E-state index contributed by atoms with van der Waals surface area (Å²) in [6.07, 6.45) is -0.136. The molecule has 2 aromatic carbocycles. The van der Waals surface area contributed by atoms with E-state index >= 15 is 0 Å². The average Bonchev–Trinajstić information content (AvgIpc) is 3.08. The van der Waals surface area contributed by atoms with Gasteiger partial charge in [0.05, 0.1) is 28.4 Å². The van der Waals surface area contributed by atoms with Gasteiger partial charge in [0, 0.05) is 18.9 Å². The highest BCUT2D eigenvalue weighted by Gasteiger charge is 2.36. The van der Waals surface area contributed by atoms with Gasteiger partial charge in [-0.15, -0.1) is 0 Å². The maximum Gasteiger partial charge on any atom is 0.185 e. The van der Waals surface area contributed by atoms with Crippen molar-refractivity contribution >= 4 is 9.84 Å². The molecule has 158 valence electrons. The molecule has 1 heterocycles. The van der Waals surface area contributed by atoms with Crippen LogP contribution in [0.2, 0.25) is 0 Å². The van der Waals surface area contributed by atoms with E-state index in [1.165, 1.54) is 27.4 Å². The van der Waals surface area contributed by atoms with Crippen LogP contribution in [0.4, 0.5) is 0 Å². The Bertz CT molecular complexity index is 1020. The van der Waals surface area contributed by atoms with Gasteiger partial charge in [0.2, 0.25) is 0 Å². The lowest BCUT2D eigenvalue weighted by Gasteiger charge is -2.18. The molecule has 9 heteroatoms. The molecular weight excluding hydrogens is 400 g/mol. The minimum absolute atomic E-state index is 0.0147. The van der Waals surface area contributed by atoms with E-state index in [9.17, 15) is 8.42 Å². The fraction of sp³-hybridized carbons (Fsp3) is 0.400. The Morgan fingerprint density at radius 3 is 1.86 bits per heavy atom. The highest BCUT2D eigenvalue weighted by molar-refractivity contribution is 7.90. The predicted octanol–water partition coefficient (Wildman–Crippen LogP) is 2.89. The first-order valence-corrected chi connectivity index (χ1v) is 10.6. The second-order valence-electron chi connectivity index (χ2n) is 6.45. The zero-order valence-corrected chi connectivity index (χ0v) is 18.0. The van der Waals surface area contributed by atoms with Gasteiger partial charge >= 0.3 is 0 Å². The molecule has 0 N–H and O–H groups in total. The molecule has 3 rings (SSSR count). The highest BCUT2D eigenvalue weighted by atomic mass is 32.2. The van der Waals surface area contributed by atoms with Crippen molar-refractivity contribution in [2.24, 2.45) is 0 Å². The molecule has 1 aliphatic heterocycles. The molecule has 2 unspecified atom stereocenters. The molecular formula is C20H24O8S. The van der Waals surface area contributed by atoms with E-state index in [2.05, 4.69) is 0 Å². The van der Waals surface area contributed by atoms with Gasteiger partial charge in [0.25, 0.3) is 0 Å². The minimum Gasteiger partial charge on any atom is -0.493 e. The number of rotatable bonds is 7. The smallest absolute Gasteiger partial charge is 0.185 e. The van der Waals surface area contributed by atoms with Crippen molar-refractivity contribution < 1.29 is 36.8 Å². The van der Waals surface area contributed by atoms with Crippen molar-refractivity contribution in [1.29, 1.82) is 0 Å². The van der Waals surface area contributed by atoms with Gasteiger partial charge in [0.1, 0.15) is 11.0 Å². The second kappa shape index (κ2) is 8.10. The molecule has 0 amide bonds. The normalized spacial score (nSPS) is 18.3. The summed E-state index contributed by atoms with van der Waals surface area (Å²) in [6, 6.07) is 6.81. The number of fused-ring (bicyclic) bond motifs is 1. The fourth-order valence-electron chi connectivity index (χ4n) is 3.43. The first-order chi connectivity index (χ1) is 13.8. The first-order valence-electron chi connectivity index (χ1n) is 8.69. The van der Waals surface area contributed by atoms with Crippen LogP contribution in [0.15, 0.2) is 29.2 Å². The van der Waals surface area contributed by atoms with Crippen molar-refractivity contribution in [2.75, 3.05) is 41.8 Å². The van der Waals surface area contributed by atoms with Crippen molar-refractivity contribution in [1.82, 2.24) is 0 Å². The molecule has 0 radical (unpaired) electrons. The third-order valence-electron chi connectivity index (χ3n) is 4.77. The van der Waals surface area contributed by atoms with E-state index in [-0.39, 0.29) is 16.4 Å². The number of ether oxygens (including phenoxy) is 6. The van der Waals surface area contributed by atoms with Gasteiger partial charge in [-0.25, -0.2) is 8.42 Å². The predicted molar refractivity (Wildman–Crippen MR) is 105 cm³/mol. The lowest BCUT2D eigenvalue weighted by molar-refractivity contribution is -0.132. The summed E-state index contributed by atoms with van der Waals surface area (Å²) >= 11 is 0. The van der Waals surface area contributed by atoms with Crippen LogP contribution in [0.1, 0.15) is 29.1 Å². The fourth-order valence-corrected chi connectivity index (χ4v) is 4.30. The third kappa shape index (κ3) is 3.73. The number of hydrogen-bond acceptors (Lipinski definition) is 8. The summed E-state index contributed by atoms with van der Waals surface area (Å²) in [4.78, 5) is 0.0147. The van der Waals surface area contributed by atoms with Crippen LogP contribution in [-0.4, -0.2) is 50.2 Å². The Labute approximate surface area is 170 Å². The summed E-state index contributed by atoms with van der Waals surface area (Å²) in [5.41, 5.74) is 2.13. The summed E-state index contributed by atoms with van der Waals surface area (Å²) in [7, 11) is 3.88. The van der Waals surface area contributed by atoms with Gasteiger partial charge in [0.15, 0.2) is 39.1 Å². The zero-order valence-electron chi connectivity index (χ0n) is 17.1. The maximum absolute atomic E-state index is 12.4. The van der Waals surface area contributed by atoms with Gasteiger partial charge < -0.3 is 28.4 Å². The van der Waals surface area contributed by atoms with Crippen LogP contribution in [0.5, 0.6) is 23.0 Å². The van der Waals surface area contributed by atoms with Crippen molar-refractivity contribution in [3.05, 3.63) is 41.0 Å². The number of hydrogen-bond donors (Lipinski definition) is 0. The van der Waals surface area contributed by atoms with Crippen LogP contribution in [-0.2, 0) is 19.3 Å². The van der Waals surface area contributed by atoms with E-state index in [0.717, 1.165) is 17.4 Å². The summed E-state index contributed by atoms with van der Waals surface area (Å²) < 4.78 is 57.7. The van der Waals surface area contributed by atoms with E-state index < -0.39 is 22.2 Å². The highest BCUT2D eigenvalue weighted by Crippen LogP contribution is 2.49. The van der Waals surface area contributed by atoms with E-state index in [1.54, 1.807) is 32.4 Å². The molecule has 0 aliphatic carbocycles. The summed E-state index contributed by atoms with van der Waals surface area (Å²) in [5.74, 6) is 1.51. The standard InChI is InChI=1S/C20H24O8S/c1-23-14-9-12-13(10-15(14)24-2)20(27-5)28-18(12)11-7-16(25-3)19(26-4)17(8-11)29(6,21)22/h7-10,18,20H,1-6H3.